The molecule has 1 aliphatic carbocycles. The second-order valence-corrected chi connectivity index (χ2v) is 5.89. The molecule has 1 unspecified atom stereocenters. The van der Waals surface area contributed by atoms with Gasteiger partial charge in [-0.25, -0.2) is 0 Å². The van der Waals surface area contributed by atoms with Crippen molar-refractivity contribution in [3.05, 3.63) is 0 Å². The van der Waals surface area contributed by atoms with Crippen LogP contribution in [0, 0.1) is 5.92 Å². The largest absolute Gasteiger partial charge is 0.383 e. The van der Waals surface area contributed by atoms with E-state index < -0.39 is 0 Å². The highest BCUT2D eigenvalue weighted by molar-refractivity contribution is 4.82. The van der Waals surface area contributed by atoms with E-state index in [2.05, 4.69) is 31.1 Å². The van der Waals surface area contributed by atoms with Crippen LogP contribution in [0.1, 0.15) is 46.0 Å². The van der Waals surface area contributed by atoms with Gasteiger partial charge in [0.25, 0.3) is 0 Å². The Morgan fingerprint density at radius 3 is 2.50 bits per heavy atom. The molecule has 3 nitrogen and oxygen atoms in total. The van der Waals surface area contributed by atoms with Crippen molar-refractivity contribution in [2.24, 2.45) is 5.92 Å². The molecule has 108 valence electrons. The van der Waals surface area contributed by atoms with E-state index in [4.69, 9.17) is 4.74 Å². The van der Waals surface area contributed by atoms with E-state index >= 15 is 0 Å². The fourth-order valence-electron chi connectivity index (χ4n) is 2.91. The summed E-state index contributed by atoms with van der Waals surface area (Å²) in [5, 5.41) is 3.53. The molecule has 0 heterocycles. The minimum Gasteiger partial charge on any atom is -0.383 e. The van der Waals surface area contributed by atoms with Crippen LogP contribution in [0.4, 0.5) is 0 Å². The second-order valence-electron chi connectivity index (χ2n) is 5.89. The summed E-state index contributed by atoms with van der Waals surface area (Å²) in [5.74, 6) is 0.925. The first-order valence-corrected chi connectivity index (χ1v) is 7.60. The standard InChI is InChI=1S/C15H32N2O/c1-5-10-16-11-15(12-18-4)17(3)14-8-6-13(2)7-9-14/h13-16H,5-12H2,1-4H3. The zero-order valence-electron chi connectivity index (χ0n) is 12.7. The van der Waals surface area contributed by atoms with Gasteiger partial charge >= 0.3 is 0 Å². The molecule has 0 spiro atoms. The van der Waals surface area contributed by atoms with Crippen LogP contribution >= 0.6 is 0 Å². The summed E-state index contributed by atoms with van der Waals surface area (Å²) >= 11 is 0. The predicted octanol–water partition coefficient (Wildman–Crippen LogP) is 2.51. The lowest BCUT2D eigenvalue weighted by molar-refractivity contribution is 0.0612. The normalized spacial score (nSPS) is 26.5. The average molecular weight is 256 g/mol. The van der Waals surface area contributed by atoms with Gasteiger partial charge in [-0.1, -0.05) is 13.8 Å². The monoisotopic (exact) mass is 256 g/mol. The second kappa shape index (κ2) is 8.89. The zero-order valence-corrected chi connectivity index (χ0v) is 12.7. The number of hydrogen-bond donors (Lipinski definition) is 1. The van der Waals surface area contributed by atoms with Crippen LogP contribution in [0.5, 0.6) is 0 Å². The van der Waals surface area contributed by atoms with E-state index in [9.17, 15) is 0 Å². The molecule has 0 saturated heterocycles. The van der Waals surface area contributed by atoms with Crippen molar-refractivity contribution < 1.29 is 4.74 Å². The summed E-state index contributed by atoms with van der Waals surface area (Å²) in [5.41, 5.74) is 0. The van der Waals surface area contributed by atoms with Gasteiger partial charge in [0.2, 0.25) is 0 Å². The van der Waals surface area contributed by atoms with Crippen molar-refractivity contribution >= 4 is 0 Å². The Labute approximate surface area is 113 Å². The topological polar surface area (TPSA) is 24.5 Å². The van der Waals surface area contributed by atoms with E-state index in [1.807, 2.05) is 7.11 Å². The molecular formula is C15H32N2O. The summed E-state index contributed by atoms with van der Waals surface area (Å²) in [6.45, 7) is 7.58. The Kier molecular flexibility index (Phi) is 7.87. The van der Waals surface area contributed by atoms with Gasteiger partial charge in [0, 0.05) is 25.7 Å². The Balaban J connectivity index is 2.39. The zero-order chi connectivity index (χ0) is 13.4. The molecular weight excluding hydrogens is 224 g/mol. The summed E-state index contributed by atoms with van der Waals surface area (Å²) in [7, 11) is 4.08. The maximum atomic E-state index is 5.39. The van der Waals surface area contributed by atoms with Crippen LogP contribution in [0.25, 0.3) is 0 Å². The summed E-state index contributed by atoms with van der Waals surface area (Å²) in [6.07, 6.45) is 6.68. The lowest BCUT2D eigenvalue weighted by Gasteiger charge is -2.38. The molecule has 1 saturated carbocycles. The van der Waals surface area contributed by atoms with Gasteiger partial charge < -0.3 is 10.1 Å². The van der Waals surface area contributed by atoms with Gasteiger partial charge in [0.05, 0.1) is 6.61 Å². The summed E-state index contributed by atoms with van der Waals surface area (Å²) < 4.78 is 5.39. The Hall–Kier alpha value is -0.120. The van der Waals surface area contributed by atoms with Crippen LogP contribution in [0.15, 0.2) is 0 Å². The third kappa shape index (κ3) is 5.25. The van der Waals surface area contributed by atoms with E-state index in [1.165, 1.54) is 32.1 Å². The first-order chi connectivity index (χ1) is 8.69. The Bertz CT molecular complexity index is 203. The van der Waals surface area contributed by atoms with E-state index in [0.29, 0.717) is 6.04 Å². The summed E-state index contributed by atoms with van der Waals surface area (Å²) in [6, 6.07) is 1.27. The van der Waals surface area contributed by atoms with Crippen LogP contribution in [-0.2, 0) is 4.74 Å². The van der Waals surface area contributed by atoms with Crippen molar-refractivity contribution in [3.63, 3.8) is 0 Å². The van der Waals surface area contributed by atoms with E-state index in [0.717, 1.165) is 31.7 Å². The van der Waals surface area contributed by atoms with Crippen molar-refractivity contribution in [1.82, 2.24) is 10.2 Å². The highest BCUT2D eigenvalue weighted by Gasteiger charge is 2.26. The highest BCUT2D eigenvalue weighted by atomic mass is 16.5. The minimum absolute atomic E-state index is 0.514. The van der Waals surface area contributed by atoms with Crippen LogP contribution in [0.2, 0.25) is 0 Å². The molecule has 0 aromatic carbocycles. The predicted molar refractivity (Wildman–Crippen MR) is 78.0 cm³/mol. The molecule has 1 N–H and O–H groups in total. The molecule has 3 heteroatoms. The van der Waals surface area contributed by atoms with Gasteiger partial charge in [-0.2, -0.15) is 0 Å². The number of hydrogen-bond acceptors (Lipinski definition) is 3. The Morgan fingerprint density at radius 1 is 1.28 bits per heavy atom. The van der Waals surface area contributed by atoms with Crippen LogP contribution < -0.4 is 5.32 Å². The van der Waals surface area contributed by atoms with Gasteiger partial charge in [-0.15, -0.1) is 0 Å². The number of methoxy groups -OCH3 is 1. The fourth-order valence-corrected chi connectivity index (χ4v) is 2.91. The van der Waals surface area contributed by atoms with Gasteiger partial charge in [-0.05, 0) is 51.6 Å². The molecule has 1 fully saturated rings. The van der Waals surface area contributed by atoms with Crippen molar-refractivity contribution in [1.29, 1.82) is 0 Å². The quantitative estimate of drug-likeness (QED) is 0.675. The van der Waals surface area contributed by atoms with Crippen molar-refractivity contribution in [3.8, 4) is 0 Å². The van der Waals surface area contributed by atoms with Gasteiger partial charge in [-0.3, -0.25) is 4.90 Å². The minimum atomic E-state index is 0.514. The van der Waals surface area contributed by atoms with Crippen molar-refractivity contribution in [2.75, 3.05) is 33.9 Å². The molecule has 18 heavy (non-hydrogen) atoms. The maximum Gasteiger partial charge on any atom is 0.0630 e. The molecule has 1 atom stereocenters. The smallest absolute Gasteiger partial charge is 0.0630 e. The van der Waals surface area contributed by atoms with Crippen LogP contribution in [-0.4, -0.2) is 50.8 Å². The molecule has 0 aromatic heterocycles. The number of nitrogens with zero attached hydrogens (tertiary/aromatic N) is 1. The van der Waals surface area contributed by atoms with E-state index in [1.54, 1.807) is 0 Å². The number of nitrogens with one attached hydrogen (secondary N) is 1. The molecule has 0 amide bonds. The first kappa shape index (κ1) is 15.9. The highest BCUT2D eigenvalue weighted by Crippen LogP contribution is 2.27. The average Bonchev–Trinajstić information content (AvgIpc) is 2.38. The van der Waals surface area contributed by atoms with Crippen molar-refractivity contribution in [2.45, 2.75) is 58.0 Å². The summed E-state index contributed by atoms with van der Waals surface area (Å²) in [4.78, 5) is 2.55. The number of likely N-dealkylation sites (N-methyl/N-ethyl adjacent to an activating group) is 1. The molecule has 0 radical (unpaired) electrons. The number of ether oxygens (including phenoxy) is 1. The third-order valence-electron chi connectivity index (χ3n) is 4.30. The fraction of sp³-hybridized carbons (Fsp3) is 1.00. The maximum absolute atomic E-state index is 5.39. The Morgan fingerprint density at radius 2 is 1.94 bits per heavy atom. The SMILES string of the molecule is CCCNCC(COC)N(C)C1CCC(C)CC1. The molecule has 0 aromatic rings. The molecule has 1 rings (SSSR count). The molecule has 1 aliphatic rings. The number of rotatable bonds is 8. The molecule has 0 bridgehead atoms. The molecule has 0 aliphatic heterocycles. The van der Waals surface area contributed by atoms with E-state index in [-0.39, 0.29) is 0 Å². The lowest BCUT2D eigenvalue weighted by atomic mass is 9.86. The first-order valence-electron chi connectivity index (χ1n) is 7.60. The van der Waals surface area contributed by atoms with Crippen LogP contribution in [0.3, 0.4) is 0 Å². The van der Waals surface area contributed by atoms with Gasteiger partial charge in [0.1, 0.15) is 0 Å². The third-order valence-corrected chi connectivity index (χ3v) is 4.30. The lowest BCUT2D eigenvalue weighted by Crippen LogP contribution is -2.49. The van der Waals surface area contributed by atoms with Gasteiger partial charge in [0.15, 0.2) is 0 Å².